The van der Waals surface area contributed by atoms with Gasteiger partial charge in [0.05, 0.1) is 19.3 Å². The second kappa shape index (κ2) is 7.33. The maximum atomic E-state index is 12.3. The number of amides is 2. The van der Waals surface area contributed by atoms with E-state index in [-0.39, 0.29) is 12.1 Å². The van der Waals surface area contributed by atoms with Gasteiger partial charge in [0, 0.05) is 52.7 Å². The Hall–Kier alpha value is -0.500. The van der Waals surface area contributed by atoms with Crippen molar-refractivity contribution in [2.24, 2.45) is 0 Å². The van der Waals surface area contributed by atoms with Crippen LogP contribution in [0.2, 0.25) is 0 Å². The fraction of sp³-hybridized carbons (Fsp3) is 0.917. The fourth-order valence-electron chi connectivity index (χ4n) is 2.13. The lowest BCUT2D eigenvalue weighted by atomic mass is 10.3. The summed E-state index contributed by atoms with van der Waals surface area (Å²) in [7, 11) is 3.33. The van der Waals surface area contributed by atoms with Crippen molar-refractivity contribution >= 4 is 18.0 Å². The molecular formula is C12H23N3O3S. The molecule has 1 unspecified atom stereocenters. The molecule has 7 heteroatoms. The molecule has 0 aliphatic carbocycles. The smallest absolute Gasteiger partial charge is 0.320 e. The van der Waals surface area contributed by atoms with Crippen LogP contribution < -0.4 is 0 Å². The highest BCUT2D eigenvalue weighted by molar-refractivity contribution is 7.97. The van der Waals surface area contributed by atoms with Gasteiger partial charge in [-0.2, -0.15) is 0 Å². The van der Waals surface area contributed by atoms with Gasteiger partial charge >= 0.3 is 6.03 Å². The summed E-state index contributed by atoms with van der Waals surface area (Å²) in [6, 6.07) is 0.399. The van der Waals surface area contributed by atoms with E-state index < -0.39 is 0 Å². The molecule has 2 rings (SSSR count). The van der Waals surface area contributed by atoms with E-state index in [4.69, 9.17) is 9.47 Å². The van der Waals surface area contributed by atoms with Crippen molar-refractivity contribution in [3.63, 3.8) is 0 Å². The number of hydrogen-bond donors (Lipinski definition) is 0. The molecule has 2 aliphatic heterocycles. The number of ether oxygens (including phenoxy) is 2. The van der Waals surface area contributed by atoms with Crippen LogP contribution >= 0.6 is 11.9 Å². The zero-order valence-corrected chi connectivity index (χ0v) is 12.5. The Balaban J connectivity index is 1.86. The molecule has 0 aromatic rings. The molecule has 0 radical (unpaired) electrons. The van der Waals surface area contributed by atoms with Crippen molar-refractivity contribution in [2.75, 3.05) is 65.9 Å². The first-order valence-corrected chi connectivity index (χ1v) is 7.61. The van der Waals surface area contributed by atoms with Crippen LogP contribution in [0.5, 0.6) is 0 Å². The van der Waals surface area contributed by atoms with E-state index in [9.17, 15) is 4.79 Å². The summed E-state index contributed by atoms with van der Waals surface area (Å²) < 4.78 is 12.5. The minimum atomic E-state index is 0.116. The predicted molar refractivity (Wildman–Crippen MR) is 75.2 cm³/mol. The summed E-state index contributed by atoms with van der Waals surface area (Å²) in [4.78, 5) is 16.1. The van der Waals surface area contributed by atoms with E-state index in [0.717, 1.165) is 12.3 Å². The minimum Gasteiger partial charge on any atom is -0.383 e. The lowest BCUT2D eigenvalue weighted by molar-refractivity contribution is 0.139. The van der Waals surface area contributed by atoms with E-state index in [1.54, 1.807) is 14.2 Å². The van der Waals surface area contributed by atoms with Gasteiger partial charge in [-0.25, -0.2) is 9.10 Å². The quantitative estimate of drug-likeness (QED) is 0.453. The number of carbonyl (C=O) groups excluding carboxylic acids is 1. The Bertz CT molecular complexity index is 302. The molecule has 0 aromatic carbocycles. The minimum absolute atomic E-state index is 0.116. The molecule has 2 heterocycles. The molecule has 2 fully saturated rings. The Morgan fingerprint density at radius 2 is 1.89 bits per heavy atom. The van der Waals surface area contributed by atoms with Gasteiger partial charge in [0.15, 0.2) is 0 Å². The second-order valence-electron chi connectivity index (χ2n) is 4.79. The number of carbonyl (C=O) groups is 1. The van der Waals surface area contributed by atoms with Gasteiger partial charge in [-0.1, -0.05) is 11.9 Å². The van der Waals surface area contributed by atoms with Crippen LogP contribution in [-0.4, -0.2) is 92.1 Å². The first-order chi connectivity index (χ1) is 9.26. The number of rotatable bonds is 9. The van der Waals surface area contributed by atoms with Crippen LogP contribution in [0, 0.1) is 0 Å². The molecular weight excluding hydrogens is 266 g/mol. The van der Waals surface area contributed by atoms with Gasteiger partial charge in [-0.15, -0.1) is 0 Å². The van der Waals surface area contributed by atoms with Gasteiger partial charge in [0.1, 0.15) is 0 Å². The number of nitrogens with zero attached hydrogens (tertiary/aromatic N) is 3. The summed E-state index contributed by atoms with van der Waals surface area (Å²) in [6.45, 7) is 5.68. The van der Waals surface area contributed by atoms with E-state index in [1.165, 1.54) is 13.1 Å². The fourth-order valence-corrected chi connectivity index (χ4v) is 3.14. The summed E-state index contributed by atoms with van der Waals surface area (Å²) in [6.07, 6.45) is 0. The largest absolute Gasteiger partial charge is 0.383 e. The van der Waals surface area contributed by atoms with E-state index in [1.807, 2.05) is 21.7 Å². The molecule has 19 heavy (non-hydrogen) atoms. The molecule has 6 nitrogen and oxygen atoms in total. The van der Waals surface area contributed by atoms with Gasteiger partial charge in [0.25, 0.3) is 0 Å². The van der Waals surface area contributed by atoms with Crippen LogP contribution in [0.3, 0.4) is 0 Å². The summed E-state index contributed by atoms with van der Waals surface area (Å²) >= 11 is 1.85. The zero-order valence-electron chi connectivity index (χ0n) is 11.7. The molecule has 2 amide bonds. The maximum Gasteiger partial charge on any atom is 0.320 e. The molecule has 2 saturated heterocycles. The lowest BCUT2D eigenvalue weighted by Crippen LogP contribution is -2.39. The summed E-state index contributed by atoms with van der Waals surface area (Å²) in [5, 5.41) is 0. The first-order valence-electron chi connectivity index (χ1n) is 6.67. The van der Waals surface area contributed by atoms with Crippen molar-refractivity contribution in [1.29, 1.82) is 0 Å². The Morgan fingerprint density at radius 1 is 1.21 bits per heavy atom. The summed E-state index contributed by atoms with van der Waals surface area (Å²) in [5.74, 6) is 0.971. The highest BCUT2D eigenvalue weighted by atomic mass is 32.2. The van der Waals surface area contributed by atoms with Crippen molar-refractivity contribution in [3.8, 4) is 0 Å². The van der Waals surface area contributed by atoms with Crippen molar-refractivity contribution in [1.82, 2.24) is 14.1 Å². The maximum absolute atomic E-state index is 12.3. The van der Waals surface area contributed by atoms with E-state index in [0.29, 0.717) is 26.3 Å². The molecule has 0 spiro atoms. The van der Waals surface area contributed by atoms with Crippen molar-refractivity contribution < 1.29 is 14.3 Å². The van der Waals surface area contributed by atoms with Crippen LogP contribution in [0.1, 0.15) is 0 Å². The SMILES string of the molecule is COCCN1CC(CSN2CC2)N(CCOC)C1=O. The Kier molecular flexibility index (Phi) is 5.75. The van der Waals surface area contributed by atoms with Crippen molar-refractivity contribution in [3.05, 3.63) is 0 Å². The highest BCUT2D eigenvalue weighted by Crippen LogP contribution is 2.25. The van der Waals surface area contributed by atoms with Crippen molar-refractivity contribution in [2.45, 2.75) is 6.04 Å². The highest BCUT2D eigenvalue weighted by Gasteiger charge is 2.37. The van der Waals surface area contributed by atoms with Crippen LogP contribution in [0.15, 0.2) is 0 Å². The van der Waals surface area contributed by atoms with Crippen LogP contribution in [0.4, 0.5) is 4.79 Å². The van der Waals surface area contributed by atoms with Gasteiger partial charge in [0.2, 0.25) is 0 Å². The molecule has 1 atom stereocenters. The second-order valence-corrected chi connectivity index (χ2v) is 5.89. The average Bonchev–Trinajstić information content (AvgIpc) is 3.19. The summed E-state index contributed by atoms with van der Waals surface area (Å²) in [5.41, 5.74) is 0. The standard InChI is InChI=1S/C12H23N3O3S/c1-17-7-5-13-9-11(10-19-14-3-4-14)15(12(13)16)6-8-18-2/h11H,3-10H2,1-2H3. The third-order valence-electron chi connectivity index (χ3n) is 3.35. The molecule has 0 N–H and O–H groups in total. The lowest BCUT2D eigenvalue weighted by Gasteiger charge is -2.22. The Morgan fingerprint density at radius 3 is 2.53 bits per heavy atom. The van der Waals surface area contributed by atoms with Crippen LogP contribution in [-0.2, 0) is 9.47 Å². The topological polar surface area (TPSA) is 45.0 Å². The Labute approximate surface area is 119 Å². The number of urea groups is 1. The van der Waals surface area contributed by atoms with E-state index >= 15 is 0 Å². The molecule has 0 saturated carbocycles. The normalized spacial score (nSPS) is 23.5. The molecule has 110 valence electrons. The van der Waals surface area contributed by atoms with Gasteiger partial charge in [-0.3, -0.25) is 0 Å². The third-order valence-corrected chi connectivity index (χ3v) is 4.61. The van der Waals surface area contributed by atoms with Gasteiger partial charge in [-0.05, 0) is 0 Å². The van der Waals surface area contributed by atoms with Gasteiger partial charge < -0.3 is 19.3 Å². The number of hydrogen-bond acceptors (Lipinski definition) is 5. The molecule has 0 bridgehead atoms. The van der Waals surface area contributed by atoms with Crippen LogP contribution in [0.25, 0.3) is 0 Å². The predicted octanol–water partition coefficient (Wildman–Crippen LogP) is 0.349. The third kappa shape index (κ3) is 4.24. The molecule has 0 aromatic heterocycles. The monoisotopic (exact) mass is 289 g/mol. The zero-order chi connectivity index (χ0) is 13.7. The number of methoxy groups -OCH3 is 2. The average molecular weight is 289 g/mol. The first kappa shape index (κ1) is 14.9. The molecule has 2 aliphatic rings. The van der Waals surface area contributed by atoms with E-state index in [2.05, 4.69) is 4.31 Å².